The van der Waals surface area contributed by atoms with Crippen LogP contribution in [0.5, 0.6) is 0 Å². The van der Waals surface area contributed by atoms with Crippen LogP contribution in [0.25, 0.3) is 0 Å². The van der Waals surface area contributed by atoms with E-state index in [9.17, 15) is 9.59 Å². The molecule has 1 atom stereocenters. The quantitative estimate of drug-likeness (QED) is 0.581. The summed E-state index contributed by atoms with van der Waals surface area (Å²) in [6, 6.07) is 0. The lowest BCUT2D eigenvalue weighted by Gasteiger charge is -2.35. The van der Waals surface area contributed by atoms with Gasteiger partial charge in [0.1, 0.15) is 5.78 Å². The second kappa shape index (κ2) is 3.48. The van der Waals surface area contributed by atoms with Crippen LogP contribution < -0.4 is 0 Å². The van der Waals surface area contributed by atoms with Gasteiger partial charge >= 0.3 is 5.97 Å². The lowest BCUT2D eigenvalue weighted by Crippen LogP contribution is -2.37. The van der Waals surface area contributed by atoms with E-state index >= 15 is 0 Å². The second-order valence-electron chi connectivity index (χ2n) is 4.31. The van der Waals surface area contributed by atoms with E-state index in [0.29, 0.717) is 12.8 Å². The molecular weight excluding hydrogens is 168 g/mol. The van der Waals surface area contributed by atoms with Gasteiger partial charge in [0.2, 0.25) is 0 Å². The molecule has 74 valence electrons. The Balaban J connectivity index is 2.77. The second-order valence-corrected chi connectivity index (χ2v) is 4.31. The van der Waals surface area contributed by atoms with Crippen molar-refractivity contribution >= 4 is 11.8 Å². The molecule has 0 radical (unpaired) electrons. The van der Waals surface area contributed by atoms with Crippen molar-refractivity contribution in [2.45, 2.75) is 33.1 Å². The van der Waals surface area contributed by atoms with E-state index in [-0.39, 0.29) is 23.1 Å². The molecule has 1 unspecified atom stereocenters. The van der Waals surface area contributed by atoms with E-state index in [1.807, 2.05) is 13.8 Å². The molecule has 1 saturated carbocycles. The molecule has 0 saturated heterocycles. The minimum Gasteiger partial charge on any atom is -0.469 e. The minimum atomic E-state index is -0.252. The largest absolute Gasteiger partial charge is 0.469 e. The van der Waals surface area contributed by atoms with Crippen molar-refractivity contribution in [3.63, 3.8) is 0 Å². The van der Waals surface area contributed by atoms with Gasteiger partial charge in [0.05, 0.1) is 13.0 Å². The van der Waals surface area contributed by atoms with Crippen molar-refractivity contribution in [2.24, 2.45) is 11.3 Å². The maximum absolute atomic E-state index is 11.4. The van der Waals surface area contributed by atoms with Gasteiger partial charge < -0.3 is 4.74 Å². The zero-order valence-electron chi connectivity index (χ0n) is 8.42. The standard InChI is InChI=1S/C10H16O3/c1-10(2)5-4-7(11)6-8(10)9(12)13-3/h8H,4-6H2,1-3H3. The predicted molar refractivity (Wildman–Crippen MR) is 48.1 cm³/mol. The van der Waals surface area contributed by atoms with Gasteiger partial charge in [0.15, 0.2) is 0 Å². The summed E-state index contributed by atoms with van der Waals surface area (Å²) in [4.78, 5) is 22.5. The van der Waals surface area contributed by atoms with E-state index in [2.05, 4.69) is 4.74 Å². The van der Waals surface area contributed by atoms with Gasteiger partial charge in [0, 0.05) is 12.8 Å². The van der Waals surface area contributed by atoms with Gasteiger partial charge in [-0.1, -0.05) is 13.8 Å². The van der Waals surface area contributed by atoms with Crippen LogP contribution in [0.3, 0.4) is 0 Å². The highest BCUT2D eigenvalue weighted by Crippen LogP contribution is 2.39. The van der Waals surface area contributed by atoms with Crippen molar-refractivity contribution in [1.82, 2.24) is 0 Å². The topological polar surface area (TPSA) is 43.4 Å². The minimum absolute atomic E-state index is 0.0962. The van der Waals surface area contributed by atoms with Crippen molar-refractivity contribution in [1.29, 1.82) is 0 Å². The zero-order valence-corrected chi connectivity index (χ0v) is 8.42. The van der Waals surface area contributed by atoms with E-state index in [0.717, 1.165) is 6.42 Å². The Hall–Kier alpha value is -0.860. The number of hydrogen-bond donors (Lipinski definition) is 0. The molecule has 1 aliphatic rings. The predicted octanol–water partition coefficient (Wildman–Crippen LogP) is 1.55. The van der Waals surface area contributed by atoms with Gasteiger partial charge in [0.25, 0.3) is 0 Å². The molecule has 0 N–H and O–H groups in total. The third-order valence-electron chi connectivity index (χ3n) is 2.91. The first-order chi connectivity index (χ1) is 5.97. The summed E-state index contributed by atoms with van der Waals surface area (Å²) < 4.78 is 4.68. The molecule has 0 amide bonds. The highest BCUT2D eigenvalue weighted by molar-refractivity contribution is 5.86. The Morgan fingerprint density at radius 2 is 2.15 bits per heavy atom. The average molecular weight is 184 g/mol. The van der Waals surface area contributed by atoms with Crippen LogP contribution in [0.4, 0.5) is 0 Å². The first-order valence-corrected chi connectivity index (χ1v) is 4.57. The van der Waals surface area contributed by atoms with Crippen LogP contribution in [0, 0.1) is 11.3 Å². The summed E-state index contributed by atoms with van der Waals surface area (Å²) in [6.07, 6.45) is 1.73. The molecule has 0 aromatic heterocycles. The lowest BCUT2D eigenvalue weighted by molar-refractivity contribution is -0.154. The number of ketones is 1. The highest BCUT2D eigenvalue weighted by atomic mass is 16.5. The van der Waals surface area contributed by atoms with Gasteiger partial charge in [-0.3, -0.25) is 9.59 Å². The fourth-order valence-electron chi connectivity index (χ4n) is 1.79. The van der Waals surface area contributed by atoms with Crippen LogP contribution in [-0.2, 0) is 14.3 Å². The van der Waals surface area contributed by atoms with E-state index < -0.39 is 0 Å². The van der Waals surface area contributed by atoms with Gasteiger partial charge in [-0.05, 0) is 11.8 Å². The molecule has 0 bridgehead atoms. The van der Waals surface area contributed by atoms with Gasteiger partial charge in [-0.25, -0.2) is 0 Å². The Bertz CT molecular complexity index is 230. The van der Waals surface area contributed by atoms with Crippen LogP contribution in [0.2, 0.25) is 0 Å². The van der Waals surface area contributed by atoms with E-state index in [4.69, 9.17) is 0 Å². The molecular formula is C10H16O3. The lowest BCUT2D eigenvalue weighted by atomic mass is 9.68. The molecule has 0 aliphatic heterocycles. The average Bonchev–Trinajstić information content (AvgIpc) is 2.08. The van der Waals surface area contributed by atoms with E-state index in [1.165, 1.54) is 7.11 Å². The molecule has 1 aliphatic carbocycles. The number of esters is 1. The number of methoxy groups -OCH3 is 1. The van der Waals surface area contributed by atoms with Crippen molar-refractivity contribution < 1.29 is 14.3 Å². The van der Waals surface area contributed by atoms with Crippen molar-refractivity contribution in [3.05, 3.63) is 0 Å². The molecule has 0 aromatic carbocycles. The molecule has 13 heavy (non-hydrogen) atoms. The first kappa shape index (κ1) is 10.2. The number of rotatable bonds is 1. The number of ether oxygens (including phenoxy) is 1. The summed E-state index contributed by atoms with van der Waals surface area (Å²) in [5.74, 6) is -0.327. The Morgan fingerprint density at radius 1 is 1.54 bits per heavy atom. The Kier molecular flexibility index (Phi) is 2.74. The smallest absolute Gasteiger partial charge is 0.309 e. The number of carbonyl (C=O) groups excluding carboxylic acids is 2. The van der Waals surface area contributed by atoms with Crippen LogP contribution >= 0.6 is 0 Å². The summed E-state index contributed by atoms with van der Waals surface area (Å²) in [5.41, 5.74) is -0.0962. The van der Waals surface area contributed by atoms with Gasteiger partial charge in [-0.15, -0.1) is 0 Å². The van der Waals surface area contributed by atoms with Crippen LogP contribution in [0.1, 0.15) is 33.1 Å². The summed E-state index contributed by atoms with van der Waals surface area (Å²) in [7, 11) is 1.37. The molecule has 3 heteroatoms. The third-order valence-corrected chi connectivity index (χ3v) is 2.91. The SMILES string of the molecule is COC(=O)C1CC(=O)CCC1(C)C. The number of hydrogen-bond acceptors (Lipinski definition) is 3. The molecule has 1 fully saturated rings. The maximum Gasteiger partial charge on any atom is 0.309 e. The summed E-state index contributed by atoms with van der Waals surface area (Å²) in [5, 5.41) is 0. The fraction of sp³-hybridized carbons (Fsp3) is 0.800. The Labute approximate surface area is 78.5 Å². The molecule has 0 aromatic rings. The molecule has 0 spiro atoms. The van der Waals surface area contributed by atoms with Crippen LogP contribution in [-0.4, -0.2) is 18.9 Å². The first-order valence-electron chi connectivity index (χ1n) is 4.57. The Morgan fingerprint density at radius 3 is 2.69 bits per heavy atom. The molecule has 3 nitrogen and oxygen atoms in total. The maximum atomic E-state index is 11.4. The normalized spacial score (nSPS) is 27.0. The molecule has 1 rings (SSSR count). The van der Waals surface area contributed by atoms with E-state index in [1.54, 1.807) is 0 Å². The monoisotopic (exact) mass is 184 g/mol. The zero-order chi connectivity index (χ0) is 10.1. The van der Waals surface area contributed by atoms with Crippen molar-refractivity contribution in [3.8, 4) is 0 Å². The number of Topliss-reactive ketones (excluding diaryl/α,β-unsaturated/α-hetero) is 1. The third kappa shape index (κ3) is 2.08. The highest BCUT2D eigenvalue weighted by Gasteiger charge is 2.40. The van der Waals surface area contributed by atoms with Crippen molar-refractivity contribution in [2.75, 3.05) is 7.11 Å². The number of carbonyl (C=O) groups is 2. The van der Waals surface area contributed by atoms with Crippen LogP contribution in [0.15, 0.2) is 0 Å². The fourth-order valence-corrected chi connectivity index (χ4v) is 1.79. The summed E-state index contributed by atoms with van der Waals surface area (Å²) >= 11 is 0. The summed E-state index contributed by atoms with van der Waals surface area (Å²) in [6.45, 7) is 4.03. The van der Waals surface area contributed by atoms with Gasteiger partial charge in [-0.2, -0.15) is 0 Å². The molecule has 0 heterocycles.